The number of rotatable bonds is 4. The Labute approximate surface area is 167 Å². The Bertz CT molecular complexity index is 672. The summed E-state index contributed by atoms with van der Waals surface area (Å²) >= 11 is 0. The van der Waals surface area contributed by atoms with E-state index in [1.807, 2.05) is 0 Å². The molecule has 0 aromatic rings. The second kappa shape index (κ2) is 7.14. The number of carbonyl (C=O) groups excluding carboxylic acids is 2. The van der Waals surface area contributed by atoms with Crippen LogP contribution in [0.4, 0.5) is 0 Å². The predicted octanol–water partition coefficient (Wildman–Crippen LogP) is 4.37. The van der Waals surface area contributed by atoms with E-state index in [0.29, 0.717) is 34.9 Å². The van der Waals surface area contributed by atoms with Crippen molar-refractivity contribution in [1.29, 1.82) is 0 Å². The molecule has 0 heterocycles. The van der Waals surface area contributed by atoms with Crippen molar-refractivity contribution in [1.82, 2.24) is 0 Å². The molecular weight excluding hydrogens is 356 g/mol. The molecule has 4 saturated carbocycles. The fraction of sp³-hybridized carbons (Fsp3) is 0.870. The molecule has 4 fully saturated rings. The first kappa shape index (κ1) is 19.9. The number of esters is 1. The Kier molecular flexibility index (Phi) is 5.08. The van der Waals surface area contributed by atoms with Gasteiger partial charge in [-0.1, -0.05) is 13.8 Å². The average molecular weight is 391 g/mol. The molecule has 4 aliphatic carbocycles. The maximum Gasteiger partial charge on any atom is 0.306 e. The van der Waals surface area contributed by atoms with Gasteiger partial charge in [0.15, 0.2) is 0 Å². The lowest BCUT2D eigenvalue weighted by atomic mass is 9.45. The molecule has 0 aliphatic heterocycles. The highest BCUT2D eigenvalue weighted by Gasteiger charge is 2.60. The zero-order valence-electron chi connectivity index (χ0n) is 17.2. The van der Waals surface area contributed by atoms with Gasteiger partial charge >= 0.3 is 11.9 Å². The normalized spacial score (nSPS) is 44.9. The summed E-state index contributed by atoms with van der Waals surface area (Å²) in [5.41, 5.74) is 0.223. The summed E-state index contributed by atoms with van der Waals surface area (Å²) in [4.78, 5) is 35.1. The largest absolute Gasteiger partial charge is 0.481 e. The van der Waals surface area contributed by atoms with Crippen LogP contribution in [-0.4, -0.2) is 28.9 Å². The molecule has 28 heavy (non-hydrogen) atoms. The summed E-state index contributed by atoms with van der Waals surface area (Å²) in [6, 6.07) is 0. The van der Waals surface area contributed by atoms with Gasteiger partial charge < -0.3 is 9.84 Å². The number of ether oxygens (including phenoxy) is 1. The molecule has 156 valence electrons. The van der Waals surface area contributed by atoms with Crippen molar-refractivity contribution in [2.45, 2.75) is 90.6 Å². The number of aliphatic carboxylic acids is 1. The average Bonchev–Trinajstić information content (AvgIpc) is 2.95. The Balaban J connectivity index is 1.41. The molecule has 5 nitrogen and oxygen atoms in total. The van der Waals surface area contributed by atoms with E-state index in [4.69, 9.17) is 9.84 Å². The lowest BCUT2D eigenvalue weighted by Crippen LogP contribution is -2.54. The molecule has 0 unspecified atom stereocenters. The van der Waals surface area contributed by atoms with Crippen LogP contribution in [0, 0.1) is 34.5 Å². The van der Waals surface area contributed by atoms with Crippen molar-refractivity contribution in [2.75, 3.05) is 0 Å². The van der Waals surface area contributed by atoms with Gasteiger partial charge in [-0.2, -0.15) is 0 Å². The molecule has 0 radical (unpaired) electrons. The maximum absolute atomic E-state index is 12.5. The Morgan fingerprint density at radius 2 is 1.82 bits per heavy atom. The minimum absolute atomic E-state index is 0.0350. The smallest absolute Gasteiger partial charge is 0.306 e. The summed E-state index contributed by atoms with van der Waals surface area (Å²) in [6.45, 7) is 4.68. The molecule has 0 aromatic heterocycles. The van der Waals surface area contributed by atoms with E-state index in [0.717, 1.165) is 38.5 Å². The molecule has 1 N–H and O–H groups in total. The highest BCUT2D eigenvalue weighted by molar-refractivity contribution is 5.87. The van der Waals surface area contributed by atoms with Gasteiger partial charge in [0, 0.05) is 11.8 Å². The highest BCUT2D eigenvalue weighted by Crippen LogP contribution is 2.65. The number of carbonyl (C=O) groups is 3. The lowest BCUT2D eigenvalue weighted by molar-refractivity contribution is -0.163. The van der Waals surface area contributed by atoms with Crippen LogP contribution in [0.1, 0.15) is 84.5 Å². The maximum atomic E-state index is 12.5. The fourth-order valence-corrected chi connectivity index (χ4v) is 7.55. The van der Waals surface area contributed by atoms with Gasteiger partial charge in [-0.3, -0.25) is 14.4 Å². The fourth-order valence-electron chi connectivity index (χ4n) is 7.55. The monoisotopic (exact) mass is 390 g/mol. The summed E-state index contributed by atoms with van der Waals surface area (Å²) in [6.07, 6.45) is 9.08. The van der Waals surface area contributed by atoms with Crippen molar-refractivity contribution in [3.8, 4) is 0 Å². The van der Waals surface area contributed by atoms with E-state index in [2.05, 4.69) is 13.8 Å². The van der Waals surface area contributed by atoms with Gasteiger partial charge in [0.2, 0.25) is 0 Å². The van der Waals surface area contributed by atoms with Crippen LogP contribution in [0.25, 0.3) is 0 Å². The van der Waals surface area contributed by atoms with Crippen LogP contribution in [0.15, 0.2) is 0 Å². The minimum atomic E-state index is -0.957. The van der Waals surface area contributed by atoms with Gasteiger partial charge in [0.05, 0.1) is 12.8 Å². The summed E-state index contributed by atoms with van der Waals surface area (Å²) in [5, 5.41) is 8.74. The van der Waals surface area contributed by atoms with Crippen LogP contribution in [0.3, 0.4) is 0 Å². The highest BCUT2D eigenvalue weighted by atomic mass is 16.5. The number of hydrogen-bond donors (Lipinski definition) is 1. The van der Waals surface area contributed by atoms with Crippen molar-refractivity contribution in [3.05, 3.63) is 0 Å². The van der Waals surface area contributed by atoms with Crippen LogP contribution in [0.2, 0.25) is 0 Å². The molecule has 4 aliphatic rings. The Morgan fingerprint density at radius 3 is 2.57 bits per heavy atom. The van der Waals surface area contributed by atoms with Crippen molar-refractivity contribution >= 4 is 17.7 Å². The second-order valence-corrected chi connectivity index (χ2v) is 10.4. The first-order valence-electron chi connectivity index (χ1n) is 11.2. The number of carboxylic acids is 1. The lowest BCUT2D eigenvalue weighted by Gasteiger charge is -2.60. The topological polar surface area (TPSA) is 80.7 Å². The molecule has 0 saturated heterocycles. The van der Waals surface area contributed by atoms with Crippen LogP contribution in [-0.2, 0) is 19.1 Å². The van der Waals surface area contributed by atoms with Crippen LogP contribution < -0.4 is 0 Å². The van der Waals surface area contributed by atoms with Crippen LogP contribution in [0.5, 0.6) is 0 Å². The van der Waals surface area contributed by atoms with E-state index in [-0.39, 0.29) is 30.3 Å². The number of Topliss-reactive ketones (excluding diaryl/α,β-unsaturated/α-hetero) is 1. The van der Waals surface area contributed by atoms with Gasteiger partial charge in [-0.05, 0) is 80.5 Å². The molecule has 0 amide bonds. The van der Waals surface area contributed by atoms with Crippen LogP contribution >= 0.6 is 0 Å². The zero-order valence-corrected chi connectivity index (χ0v) is 17.2. The molecule has 4 rings (SSSR count). The predicted molar refractivity (Wildman–Crippen MR) is 103 cm³/mol. The number of hydrogen-bond acceptors (Lipinski definition) is 4. The van der Waals surface area contributed by atoms with E-state index in [1.54, 1.807) is 0 Å². The Morgan fingerprint density at radius 1 is 1.04 bits per heavy atom. The Hall–Kier alpha value is -1.39. The third kappa shape index (κ3) is 3.19. The zero-order chi connectivity index (χ0) is 20.1. The van der Waals surface area contributed by atoms with Gasteiger partial charge in [-0.25, -0.2) is 0 Å². The van der Waals surface area contributed by atoms with Crippen molar-refractivity contribution in [3.63, 3.8) is 0 Å². The molecule has 0 spiro atoms. The molecule has 7 atom stereocenters. The quantitative estimate of drug-likeness (QED) is 0.721. The number of fused-ring (bicyclic) bond motifs is 5. The minimum Gasteiger partial charge on any atom is -0.481 e. The first-order valence-corrected chi connectivity index (χ1v) is 11.2. The third-order valence-corrected chi connectivity index (χ3v) is 9.17. The van der Waals surface area contributed by atoms with E-state index in [9.17, 15) is 14.4 Å². The molecule has 0 aromatic carbocycles. The third-order valence-electron chi connectivity index (χ3n) is 9.17. The van der Waals surface area contributed by atoms with Crippen molar-refractivity contribution in [2.24, 2.45) is 34.5 Å². The standard InChI is InChI=1S/C23H34O5/c1-22-11-9-15(28-21(27)8-7-20(25)26)13-14(22)3-4-16-17-5-6-19(24)23(17,2)12-10-18(16)22/h14-18H,3-13H2,1-2H3,(H,25,26)/t14-,15+,16+,17-,18+,22-,23-/m0/s1. The van der Waals surface area contributed by atoms with Gasteiger partial charge in [0.1, 0.15) is 11.9 Å². The van der Waals surface area contributed by atoms with Crippen molar-refractivity contribution < 1.29 is 24.2 Å². The van der Waals surface area contributed by atoms with E-state index in [1.165, 1.54) is 19.3 Å². The second-order valence-electron chi connectivity index (χ2n) is 10.4. The van der Waals surface area contributed by atoms with E-state index >= 15 is 0 Å². The van der Waals surface area contributed by atoms with Gasteiger partial charge in [-0.15, -0.1) is 0 Å². The first-order chi connectivity index (χ1) is 13.2. The number of carboxylic acid groups (broad SMARTS) is 1. The van der Waals surface area contributed by atoms with Gasteiger partial charge in [0.25, 0.3) is 0 Å². The molecule has 5 heteroatoms. The summed E-state index contributed by atoms with van der Waals surface area (Å²) in [5.74, 6) is 1.69. The SMILES string of the molecule is C[C@]12CC[C@@H](OC(=O)CCC(=O)O)C[C@@H]1CC[C@H]1[C@H]2CC[C@]2(C)C(=O)CC[C@@H]12. The number of ketones is 1. The molecule has 0 bridgehead atoms. The van der Waals surface area contributed by atoms with E-state index < -0.39 is 5.97 Å². The summed E-state index contributed by atoms with van der Waals surface area (Å²) in [7, 11) is 0. The summed E-state index contributed by atoms with van der Waals surface area (Å²) < 4.78 is 5.62. The molecular formula is C23H34O5.